The quantitative estimate of drug-likeness (QED) is 0.885. The van der Waals surface area contributed by atoms with Crippen molar-refractivity contribution in [3.63, 3.8) is 0 Å². The Labute approximate surface area is 116 Å². The van der Waals surface area contributed by atoms with Crippen LogP contribution < -0.4 is 5.32 Å². The summed E-state index contributed by atoms with van der Waals surface area (Å²) in [4.78, 5) is 4.46. The highest BCUT2D eigenvalue weighted by atomic mass is 15.1. The number of imidazole rings is 1. The summed E-state index contributed by atoms with van der Waals surface area (Å²) in [6.07, 6.45) is 10.7. The van der Waals surface area contributed by atoms with Gasteiger partial charge in [-0.1, -0.05) is 20.8 Å². The van der Waals surface area contributed by atoms with Gasteiger partial charge >= 0.3 is 0 Å². The summed E-state index contributed by atoms with van der Waals surface area (Å²) in [5, 5.41) is 3.50. The normalized spacial score (nSPS) is 31.7. The van der Waals surface area contributed by atoms with E-state index < -0.39 is 0 Å². The van der Waals surface area contributed by atoms with Crippen LogP contribution in [0.15, 0.2) is 12.5 Å². The number of aromatic nitrogens is 2. The van der Waals surface area contributed by atoms with Crippen LogP contribution in [0.3, 0.4) is 0 Å². The van der Waals surface area contributed by atoms with Crippen LogP contribution in [0.5, 0.6) is 0 Å². The predicted octanol–water partition coefficient (Wildman–Crippen LogP) is 3.28. The molecule has 2 fully saturated rings. The fourth-order valence-electron chi connectivity index (χ4n) is 3.76. The van der Waals surface area contributed by atoms with Crippen LogP contribution in [-0.2, 0) is 5.41 Å². The summed E-state index contributed by atoms with van der Waals surface area (Å²) >= 11 is 0. The van der Waals surface area contributed by atoms with Crippen LogP contribution in [0.4, 0.5) is 0 Å². The number of nitrogens with zero attached hydrogens (tertiary/aromatic N) is 2. The van der Waals surface area contributed by atoms with Gasteiger partial charge in [0, 0.05) is 29.9 Å². The van der Waals surface area contributed by atoms with E-state index in [0.29, 0.717) is 11.5 Å². The lowest BCUT2D eigenvalue weighted by atomic mass is 9.75. The van der Waals surface area contributed by atoms with Gasteiger partial charge in [-0.05, 0) is 44.1 Å². The molecule has 1 atom stereocenters. The molecule has 0 spiro atoms. The van der Waals surface area contributed by atoms with Gasteiger partial charge in [-0.3, -0.25) is 0 Å². The Bertz CT molecular complexity index is 431. The molecule has 1 saturated heterocycles. The zero-order valence-corrected chi connectivity index (χ0v) is 12.6. The molecule has 3 heteroatoms. The Morgan fingerprint density at radius 2 is 1.95 bits per heavy atom. The van der Waals surface area contributed by atoms with Crippen LogP contribution in [0, 0.1) is 5.41 Å². The van der Waals surface area contributed by atoms with Crippen LogP contribution >= 0.6 is 0 Å². The molecule has 19 heavy (non-hydrogen) atoms. The van der Waals surface area contributed by atoms with Gasteiger partial charge in [0.25, 0.3) is 0 Å². The van der Waals surface area contributed by atoms with Crippen LogP contribution in [0.2, 0.25) is 0 Å². The summed E-state index contributed by atoms with van der Waals surface area (Å²) in [6, 6.07) is 0.669. The van der Waals surface area contributed by atoms with Gasteiger partial charge in [-0.25, -0.2) is 4.98 Å². The maximum Gasteiger partial charge on any atom is 0.0950 e. The van der Waals surface area contributed by atoms with Gasteiger partial charge in [0.05, 0.1) is 6.33 Å². The molecule has 1 N–H and O–H groups in total. The van der Waals surface area contributed by atoms with Crippen LogP contribution in [0.25, 0.3) is 0 Å². The first-order valence-corrected chi connectivity index (χ1v) is 7.73. The van der Waals surface area contributed by atoms with E-state index in [0.717, 1.165) is 13.1 Å². The average Bonchev–Trinajstić information content (AvgIpc) is 2.98. The topological polar surface area (TPSA) is 29.9 Å². The molecule has 1 unspecified atom stereocenters. The third kappa shape index (κ3) is 2.45. The van der Waals surface area contributed by atoms with Crippen molar-refractivity contribution in [1.29, 1.82) is 0 Å². The van der Waals surface area contributed by atoms with E-state index in [-0.39, 0.29) is 5.41 Å². The van der Waals surface area contributed by atoms with E-state index in [1.807, 2.05) is 0 Å². The molecule has 0 bridgehead atoms. The molecule has 0 radical (unpaired) electrons. The monoisotopic (exact) mass is 261 g/mol. The fraction of sp³-hybridized carbons (Fsp3) is 0.812. The maximum absolute atomic E-state index is 4.46. The van der Waals surface area contributed by atoms with Crippen molar-refractivity contribution in [1.82, 2.24) is 14.9 Å². The van der Waals surface area contributed by atoms with Gasteiger partial charge < -0.3 is 9.88 Å². The summed E-state index contributed by atoms with van der Waals surface area (Å²) in [6.45, 7) is 9.42. The SMILES string of the molecule is CC1(C)CCC(n2cncc2C2(C)CCNC2)CC1. The minimum Gasteiger partial charge on any atom is -0.331 e. The molecule has 2 aliphatic rings. The van der Waals surface area contributed by atoms with Crippen molar-refractivity contribution in [3.05, 3.63) is 18.2 Å². The highest BCUT2D eigenvalue weighted by molar-refractivity contribution is 5.18. The molecule has 1 saturated carbocycles. The first kappa shape index (κ1) is 13.2. The van der Waals surface area contributed by atoms with Crippen molar-refractivity contribution in [2.24, 2.45) is 5.41 Å². The largest absolute Gasteiger partial charge is 0.331 e. The molecule has 1 aromatic rings. The Balaban J connectivity index is 1.81. The maximum atomic E-state index is 4.46. The third-order valence-corrected chi connectivity index (χ3v) is 5.36. The first-order valence-electron chi connectivity index (χ1n) is 7.73. The molecule has 1 aliphatic carbocycles. The van der Waals surface area contributed by atoms with Crippen LogP contribution in [0.1, 0.15) is 64.6 Å². The van der Waals surface area contributed by atoms with Crippen LogP contribution in [-0.4, -0.2) is 22.6 Å². The predicted molar refractivity (Wildman–Crippen MR) is 78.4 cm³/mol. The van der Waals surface area contributed by atoms with Gasteiger partial charge in [0.1, 0.15) is 0 Å². The smallest absolute Gasteiger partial charge is 0.0950 e. The van der Waals surface area contributed by atoms with E-state index in [4.69, 9.17) is 0 Å². The minimum atomic E-state index is 0.281. The van der Waals surface area contributed by atoms with E-state index in [2.05, 4.69) is 48.2 Å². The Kier molecular flexibility index (Phi) is 3.20. The number of rotatable bonds is 2. The van der Waals surface area contributed by atoms with E-state index in [9.17, 15) is 0 Å². The summed E-state index contributed by atoms with van der Waals surface area (Å²) in [5.74, 6) is 0. The molecule has 1 aliphatic heterocycles. The van der Waals surface area contributed by atoms with Crippen molar-refractivity contribution in [2.45, 2.75) is 64.3 Å². The standard InChI is InChI=1S/C16H27N3/c1-15(2)6-4-13(5-7-15)19-12-18-10-14(19)16(3)8-9-17-11-16/h10,12-13,17H,4-9,11H2,1-3H3. The molecule has 106 valence electrons. The van der Waals surface area contributed by atoms with Gasteiger partial charge in [0.2, 0.25) is 0 Å². The average molecular weight is 261 g/mol. The lowest BCUT2D eigenvalue weighted by Gasteiger charge is -2.37. The second-order valence-electron chi connectivity index (χ2n) is 7.57. The minimum absolute atomic E-state index is 0.281. The second kappa shape index (κ2) is 4.62. The molecule has 1 aromatic heterocycles. The Morgan fingerprint density at radius 1 is 1.21 bits per heavy atom. The summed E-state index contributed by atoms with van der Waals surface area (Å²) in [5.41, 5.74) is 2.27. The highest BCUT2D eigenvalue weighted by Gasteiger charge is 2.36. The zero-order valence-electron chi connectivity index (χ0n) is 12.6. The zero-order chi connectivity index (χ0) is 13.5. The van der Waals surface area contributed by atoms with Crippen molar-refractivity contribution < 1.29 is 0 Å². The highest BCUT2D eigenvalue weighted by Crippen LogP contribution is 2.42. The fourth-order valence-corrected chi connectivity index (χ4v) is 3.76. The number of nitrogens with one attached hydrogen (secondary N) is 1. The molecular weight excluding hydrogens is 234 g/mol. The van der Waals surface area contributed by atoms with Gasteiger partial charge in [-0.2, -0.15) is 0 Å². The van der Waals surface area contributed by atoms with E-state index in [1.165, 1.54) is 37.8 Å². The Morgan fingerprint density at radius 3 is 2.58 bits per heavy atom. The van der Waals surface area contributed by atoms with Crippen molar-refractivity contribution in [2.75, 3.05) is 13.1 Å². The molecule has 0 amide bonds. The summed E-state index contributed by atoms with van der Waals surface area (Å²) in [7, 11) is 0. The molecular formula is C16H27N3. The molecule has 2 heterocycles. The Hall–Kier alpha value is -0.830. The van der Waals surface area contributed by atoms with Gasteiger partial charge in [0.15, 0.2) is 0 Å². The number of hydrogen-bond donors (Lipinski definition) is 1. The van der Waals surface area contributed by atoms with Crippen molar-refractivity contribution >= 4 is 0 Å². The molecule has 0 aromatic carbocycles. The lowest BCUT2D eigenvalue weighted by Crippen LogP contribution is -2.31. The second-order valence-corrected chi connectivity index (χ2v) is 7.57. The van der Waals surface area contributed by atoms with E-state index in [1.54, 1.807) is 0 Å². The summed E-state index contributed by atoms with van der Waals surface area (Å²) < 4.78 is 2.49. The van der Waals surface area contributed by atoms with Crippen molar-refractivity contribution in [3.8, 4) is 0 Å². The number of hydrogen-bond acceptors (Lipinski definition) is 2. The molecule has 3 rings (SSSR count). The van der Waals surface area contributed by atoms with E-state index >= 15 is 0 Å². The molecule has 3 nitrogen and oxygen atoms in total. The first-order chi connectivity index (χ1) is 9.00. The van der Waals surface area contributed by atoms with Gasteiger partial charge in [-0.15, -0.1) is 0 Å². The lowest BCUT2D eigenvalue weighted by molar-refractivity contribution is 0.189. The third-order valence-electron chi connectivity index (χ3n) is 5.36.